The topological polar surface area (TPSA) is 37.8 Å². The molecule has 0 saturated carbocycles. The fourth-order valence-corrected chi connectivity index (χ4v) is 3.04. The lowest BCUT2D eigenvalue weighted by molar-refractivity contribution is 0.531. The van der Waals surface area contributed by atoms with Crippen LogP contribution in [0.15, 0.2) is 40.5 Å². The van der Waals surface area contributed by atoms with Gasteiger partial charge in [0, 0.05) is 28.4 Å². The standard InChI is InChI=1S/C15H18FN3S/c1-4-17-11(3)14-12(16)6-5-7-13(14)20-15-18-9-8-10(2)19-15/h5-9,11,17H,4H2,1-3H3. The van der Waals surface area contributed by atoms with Crippen molar-refractivity contribution in [3.63, 3.8) is 0 Å². The van der Waals surface area contributed by atoms with Gasteiger partial charge in [-0.1, -0.05) is 13.0 Å². The number of nitrogens with zero attached hydrogens (tertiary/aromatic N) is 2. The first-order valence-corrected chi connectivity index (χ1v) is 7.42. The highest BCUT2D eigenvalue weighted by molar-refractivity contribution is 7.99. The number of nitrogens with one attached hydrogen (secondary N) is 1. The van der Waals surface area contributed by atoms with Crippen molar-refractivity contribution in [2.45, 2.75) is 36.9 Å². The SMILES string of the molecule is CCNC(C)c1c(F)cccc1Sc1nccc(C)n1. The van der Waals surface area contributed by atoms with Gasteiger partial charge in [-0.05, 0) is 50.4 Å². The third-order valence-electron chi connectivity index (χ3n) is 2.93. The van der Waals surface area contributed by atoms with Crippen LogP contribution in [-0.4, -0.2) is 16.5 Å². The second-order valence-corrected chi connectivity index (χ2v) is 5.52. The highest BCUT2D eigenvalue weighted by atomic mass is 32.2. The summed E-state index contributed by atoms with van der Waals surface area (Å²) in [6.07, 6.45) is 1.72. The van der Waals surface area contributed by atoms with Gasteiger partial charge in [0.15, 0.2) is 5.16 Å². The van der Waals surface area contributed by atoms with E-state index in [4.69, 9.17) is 0 Å². The van der Waals surface area contributed by atoms with Crippen LogP contribution in [0.25, 0.3) is 0 Å². The lowest BCUT2D eigenvalue weighted by Gasteiger charge is -2.17. The number of aromatic nitrogens is 2. The first-order chi connectivity index (χ1) is 9.61. The number of rotatable bonds is 5. The van der Waals surface area contributed by atoms with Crippen molar-refractivity contribution in [3.05, 3.63) is 47.5 Å². The Morgan fingerprint density at radius 3 is 2.85 bits per heavy atom. The molecule has 106 valence electrons. The van der Waals surface area contributed by atoms with E-state index >= 15 is 0 Å². The second kappa shape index (κ2) is 6.81. The van der Waals surface area contributed by atoms with Crippen LogP contribution in [0.5, 0.6) is 0 Å². The maximum atomic E-state index is 14.1. The highest BCUT2D eigenvalue weighted by Gasteiger charge is 2.16. The van der Waals surface area contributed by atoms with E-state index in [9.17, 15) is 4.39 Å². The molecule has 1 unspecified atom stereocenters. The summed E-state index contributed by atoms with van der Waals surface area (Å²) in [5.41, 5.74) is 1.57. The van der Waals surface area contributed by atoms with Crippen LogP contribution >= 0.6 is 11.8 Å². The highest BCUT2D eigenvalue weighted by Crippen LogP contribution is 2.33. The van der Waals surface area contributed by atoms with Crippen LogP contribution < -0.4 is 5.32 Å². The van der Waals surface area contributed by atoms with Crippen molar-refractivity contribution in [2.75, 3.05) is 6.54 Å². The molecule has 0 spiro atoms. The molecule has 1 atom stereocenters. The van der Waals surface area contributed by atoms with Crippen molar-refractivity contribution < 1.29 is 4.39 Å². The predicted molar refractivity (Wildman–Crippen MR) is 79.4 cm³/mol. The maximum Gasteiger partial charge on any atom is 0.192 e. The molecular weight excluding hydrogens is 273 g/mol. The Bertz CT molecular complexity index is 589. The maximum absolute atomic E-state index is 14.1. The van der Waals surface area contributed by atoms with E-state index in [1.807, 2.05) is 32.9 Å². The third kappa shape index (κ3) is 3.55. The van der Waals surface area contributed by atoms with E-state index in [1.165, 1.54) is 17.8 Å². The summed E-state index contributed by atoms with van der Waals surface area (Å²) in [6, 6.07) is 6.91. The summed E-state index contributed by atoms with van der Waals surface area (Å²) in [6.45, 7) is 6.68. The molecule has 1 heterocycles. The van der Waals surface area contributed by atoms with Crippen molar-refractivity contribution in [2.24, 2.45) is 0 Å². The predicted octanol–water partition coefficient (Wildman–Crippen LogP) is 3.75. The zero-order valence-electron chi connectivity index (χ0n) is 11.9. The third-order valence-corrected chi connectivity index (χ3v) is 3.89. The first kappa shape index (κ1) is 14.9. The van der Waals surface area contributed by atoms with Gasteiger partial charge in [-0.25, -0.2) is 14.4 Å². The Morgan fingerprint density at radius 1 is 1.35 bits per heavy atom. The van der Waals surface area contributed by atoms with Crippen molar-refractivity contribution >= 4 is 11.8 Å². The Balaban J connectivity index is 2.34. The summed E-state index contributed by atoms with van der Waals surface area (Å²) >= 11 is 1.39. The summed E-state index contributed by atoms with van der Waals surface area (Å²) < 4.78 is 14.1. The van der Waals surface area contributed by atoms with E-state index in [0.29, 0.717) is 10.7 Å². The quantitative estimate of drug-likeness (QED) is 0.852. The summed E-state index contributed by atoms with van der Waals surface area (Å²) in [7, 11) is 0. The molecule has 1 N–H and O–H groups in total. The van der Waals surface area contributed by atoms with Gasteiger partial charge in [-0.15, -0.1) is 0 Å². The van der Waals surface area contributed by atoms with Crippen LogP contribution in [0.4, 0.5) is 4.39 Å². The lowest BCUT2D eigenvalue weighted by atomic mass is 10.1. The van der Waals surface area contributed by atoms with Gasteiger partial charge >= 0.3 is 0 Å². The van der Waals surface area contributed by atoms with Crippen molar-refractivity contribution in [1.82, 2.24) is 15.3 Å². The average molecular weight is 291 g/mol. The van der Waals surface area contributed by atoms with Crippen LogP contribution in [0.3, 0.4) is 0 Å². The molecule has 0 aliphatic rings. The fraction of sp³-hybridized carbons (Fsp3) is 0.333. The van der Waals surface area contributed by atoms with Gasteiger partial charge in [0.1, 0.15) is 5.82 Å². The number of hydrogen-bond donors (Lipinski definition) is 1. The molecular formula is C15H18FN3S. The second-order valence-electron chi connectivity index (χ2n) is 4.51. The molecule has 2 rings (SSSR count). The number of halogens is 1. The van der Waals surface area contributed by atoms with E-state index in [-0.39, 0.29) is 11.9 Å². The molecule has 1 aromatic carbocycles. The minimum Gasteiger partial charge on any atom is -0.310 e. The lowest BCUT2D eigenvalue weighted by Crippen LogP contribution is -2.19. The molecule has 3 nitrogen and oxygen atoms in total. The van der Waals surface area contributed by atoms with Crippen LogP contribution in [0.1, 0.15) is 31.1 Å². The van der Waals surface area contributed by atoms with Gasteiger partial charge in [-0.3, -0.25) is 0 Å². The van der Waals surface area contributed by atoms with E-state index in [0.717, 1.165) is 17.1 Å². The van der Waals surface area contributed by atoms with Crippen LogP contribution in [0, 0.1) is 12.7 Å². The van der Waals surface area contributed by atoms with Gasteiger partial charge in [0.05, 0.1) is 0 Å². The first-order valence-electron chi connectivity index (χ1n) is 6.61. The molecule has 0 amide bonds. The fourth-order valence-electron chi connectivity index (χ4n) is 2.01. The Labute approximate surface area is 123 Å². The van der Waals surface area contributed by atoms with Gasteiger partial charge in [-0.2, -0.15) is 0 Å². The largest absolute Gasteiger partial charge is 0.310 e. The van der Waals surface area contributed by atoms with Crippen LogP contribution in [0.2, 0.25) is 0 Å². The molecule has 20 heavy (non-hydrogen) atoms. The summed E-state index contributed by atoms with van der Waals surface area (Å²) in [5.74, 6) is -0.198. The molecule has 0 aliphatic carbocycles. The molecule has 0 aliphatic heterocycles. The number of benzene rings is 1. The smallest absolute Gasteiger partial charge is 0.192 e. The molecule has 0 bridgehead atoms. The molecule has 1 aromatic heterocycles. The van der Waals surface area contributed by atoms with Crippen LogP contribution in [-0.2, 0) is 0 Å². The number of hydrogen-bond acceptors (Lipinski definition) is 4. The monoisotopic (exact) mass is 291 g/mol. The zero-order valence-corrected chi connectivity index (χ0v) is 12.7. The molecule has 0 fully saturated rings. The summed E-state index contributed by atoms with van der Waals surface area (Å²) in [5, 5.41) is 3.89. The minimum absolute atomic E-state index is 0.0477. The Hall–Kier alpha value is -1.46. The minimum atomic E-state index is -0.198. The zero-order chi connectivity index (χ0) is 14.5. The Morgan fingerprint density at radius 2 is 2.15 bits per heavy atom. The van der Waals surface area contributed by atoms with E-state index < -0.39 is 0 Å². The van der Waals surface area contributed by atoms with Gasteiger partial charge in [0.2, 0.25) is 0 Å². The molecule has 2 aromatic rings. The molecule has 0 saturated heterocycles. The summed E-state index contributed by atoms with van der Waals surface area (Å²) in [4.78, 5) is 9.42. The molecule has 0 radical (unpaired) electrons. The number of aryl methyl sites for hydroxylation is 1. The van der Waals surface area contributed by atoms with E-state index in [2.05, 4.69) is 15.3 Å². The Kier molecular flexibility index (Phi) is 5.09. The van der Waals surface area contributed by atoms with E-state index in [1.54, 1.807) is 12.3 Å². The average Bonchev–Trinajstić information content (AvgIpc) is 2.39. The van der Waals surface area contributed by atoms with Gasteiger partial charge < -0.3 is 5.32 Å². The van der Waals surface area contributed by atoms with Crippen molar-refractivity contribution in [3.8, 4) is 0 Å². The van der Waals surface area contributed by atoms with Crippen molar-refractivity contribution in [1.29, 1.82) is 0 Å². The van der Waals surface area contributed by atoms with Gasteiger partial charge in [0.25, 0.3) is 0 Å². The molecule has 5 heteroatoms. The normalized spacial score (nSPS) is 12.4.